The molecule has 2 aliphatic heterocycles. The van der Waals surface area contributed by atoms with Gasteiger partial charge in [0.25, 0.3) is 0 Å². The highest BCUT2D eigenvalue weighted by atomic mass is 16.5. The number of morpholine rings is 1. The van der Waals surface area contributed by atoms with Crippen molar-refractivity contribution in [3.8, 4) is 0 Å². The fourth-order valence-electron chi connectivity index (χ4n) is 4.42. The minimum atomic E-state index is -0.222. The number of likely N-dealkylation sites (tertiary alicyclic amines) is 1. The summed E-state index contributed by atoms with van der Waals surface area (Å²) in [5, 5.41) is 0. The lowest BCUT2D eigenvalue weighted by atomic mass is 9.98. The molecule has 4 rings (SSSR count). The zero-order valence-corrected chi connectivity index (χ0v) is 14.5. The molecule has 1 aromatic rings. The third-order valence-corrected chi connectivity index (χ3v) is 5.73. The van der Waals surface area contributed by atoms with Gasteiger partial charge in [-0.1, -0.05) is 18.9 Å². The highest BCUT2D eigenvalue weighted by Crippen LogP contribution is 2.36. The first-order valence-electron chi connectivity index (χ1n) is 9.25. The molecule has 0 aromatic carbocycles. The fourth-order valence-corrected chi connectivity index (χ4v) is 4.42. The minimum absolute atomic E-state index is 0.0612. The van der Waals surface area contributed by atoms with E-state index in [1.807, 2.05) is 17.0 Å². The van der Waals surface area contributed by atoms with Crippen LogP contribution in [0.4, 0.5) is 0 Å². The molecular formula is C19H25N3O3. The number of rotatable bonds is 3. The van der Waals surface area contributed by atoms with Gasteiger partial charge in [-0.25, -0.2) is 0 Å². The second kappa shape index (κ2) is 6.75. The Kier molecular flexibility index (Phi) is 4.46. The first kappa shape index (κ1) is 16.5. The molecule has 2 amide bonds. The predicted molar refractivity (Wildman–Crippen MR) is 91.5 cm³/mol. The molecule has 1 aliphatic carbocycles. The molecular weight excluding hydrogens is 318 g/mol. The Morgan fingerprint density at radius 2 is 2.20 bits per heavy atom. The van der Waals surface area contributed by atoms with Crippen LogP contribution < -0.4 is 0 Å². The highest BCUT2D eigenvalue weighted by molar-refractivity contribution is 5.89. The van der Waals surface area contributed by atoms with Crippen LogP contribution in [0.15, 0.2) is 24.5 Å². The molecule has 3 heterocycles. The van der Waals surface area contributed by atoms with Gasteiger partial charge in [0.05, 0.1) is 18.1 Å². The first-order valence-corrected chi connectivity index (χ1v) is 9.25. The van der Waals surface area contributed by atoms with Crippen molar-refractivity contribution < 1.29 is 14.3 Å². The van der Waals surface area contributed by atoms with Crippen LogP contribution in [0.1, 0.15) is 37.7 Å². The summed E-state index contributed by atoms with van der Waals surface area (Å²) in [5.74, 6) is -0.0385. The lowest BCUT2D eigenvalue weighted by Crippen LogP contribution is -2.53. The number of pyridine rings is 1. The summed E-state index contributed by atoms with van der Waals surface area (Å²) in [7, 11) is 0. The van der Waals surface area contributed by atoms with Gasteiger partial charge in [-0.3, -0.25) is 14.6 Å². The number of amides is 2. The number of hydrogen-bond donors (Lipinski definition) is 0. The molecule has 0 unspecified atom stereocenters. The van der Waals surface area contributed by atoms with Crippen molar-refractivity contribution in [2.45, 2.75) is 44.2 Å². The van der Waals surface area contributed by atoms with Crippen molar-refractivity contribution >= 4 is 11.8 Å². The number of hydrogen-bond acceptors (Lipinski definition) is 4. The zero-order valence-electron chi connectivity index (χ0n) is 14.5. The van der Waals surface area contributed by atoms with E-state index in [0.717, 1.165) is 18.4 Å². The van der Waals surface area contributed by atoms with E-state index in [2.05, 4.69) is 4.98 Å². The van der Waals surface area contributed by atoms with Crippen LogP contribution in [0.5, 0.6) is 0 Å². The molecule has 0 radical (unpaired) electrons. The number of carbonyl (C=O) groups is 2. The van der Waals surface area contributed by atoms with Crippen LogP contribution in [0.25, 0.3) is 0 Å². The summed E-state index contributed by atoms with van der Waals surface area (Å²) < 4.78 is 6.01. The zero-order chi connectivity index (χ0) is 17.3. The molecule has 3 fully saturated rings. The standard InChI is InChI=1S/C19H25N3O3/c23-17-10-16(13-22(17)12-15-4-3-7-20-11-15)18(24)21-8-9-25-19(14-21)5-1-2-6-19/h3-4,7,11,16H,1-2,5-6,8-10,12-14H2/t16-/m1/s1. The molecule has 1 atom stereocenters. The van der Waals surface area contributed by atoms with E-state index >= 15 is 0 Å². The first-order chi connectivity index (χ1) is 12.2. The van der Waals surface area contributed by atoms with Crippen LogP contribution in [0, 0.1) is 5.92 Å². The summed E-state index contributed by atoms with van der Waals surface area (Å²) in [6.45, 7) is 3.00. The van der Waals surface area contributed by atoms with Gasteiger partial charge in [0, 0.05) is 45.0 Å². The Balaban J connectivity index is 1.38. The quantitative estimate of drug-likeness (QED) is 0.836. The Labute approximate surface area is 148 Å². The van der Waals surface area contributed by atoms with Crippen molar-refractivity contribution in [1.29, 1.82) is 0 Å². The van der Waals surface area contributed by atoms with Gasteiger partial charge >= 0.3 is 0 Å². The van der Waals surface area contributed by atoms with Gasteiger partial charge < -0.3 is 14.5 Å². The van der Waals surface area contributed by atoms with E-state index < -0.39 is 0 Å². The summed E-state index contributed by atoms with van der Waals surface area (Å²) in [6, 6.07) is 3.83. The van der Waals surface area contributed by atoms with Crippen molar-refractivity contribution in [1.82, 2.24) is 14.8 Å². The largest absolute Gasteiger partial charge is 0.371 e. The Hall–Kier alpha value is -1.95. The summed E-state index contributed by atoms with van der Waals surface area (Å²) in [4.78, 5) is 33.1. The maximum Gasteiger partial charge on any atom is 0.228 e. The van der Waals surface area contributed by atoms with E-state index in [0.29, 0.717) is 39.2 Å². The SMILES string of the molecule is O=C1C[C@@H](C(=O)N2CCOC3(CCCC3)C2)CN1Cc1cccnc1. The fraction of sp³-hybridized carbons (Fsp3) is 0.632. The maximum absolute atomic E-state index is 13.0. The number of aromatic nitrogens is 1. The molecule has 0 bridgehead atoms. The summed E-state index contributed by atoms with van der Waals surface area (Å²) in [5.41, 5.74) is 0.881. The average Bonchev–Trinajstić information content (AvgIpc) is 3.22. The molecule has 1 aromatic heterocycles. The molecule has 6 heteroatoms. The van der Waals surface area contributed by atoms with Gasteiger partial charge in [-0.2, -0.15) is 0 Å². The van der Waals surface area contributed by atoms with Crippen LogP contribution in [-0.4, -0.2) is 58.4 Å². The van der Waals surface area contributed by atoms with E-state index in [-0.39, 0.29) is 23.3 Å². The van der Waals surface area contributed by atoms with Gasteiger partial charge in [0.15, 0.2) is 0 Å². The van der Waals surface area contributed by atoms with Gasteiger partial charge in [-0.05, 0) is 24.5 Å². The van der Waals surface area contributed by atoms with Crippen molar-refractivity contribution in [2.75, 3.05) is 26.2 Å². The molecule has 3 aliphatic rings. The second-order valence-corrected chi connectivity index (χ2v) is 7.53. The molecule has 134 valence electrons. The highest BCUT2D eigenvalue weighted by Gasteiger charge is 2.43. The monoisotopic (exact) mass is 343 g/mol. The van der Waals surface area contributed by atoms with Gasteiger partial charge in [0.1, 0.15) is 0 Å². The molecule has 2 saturated heterocycles. The Morgan fingerprint density at radius 1 is 1.36 bits per heavy atom. The molecule has 1 saturated carbocycles. The topological polar surface area (TPSA) is 62.7 Å². The van der Waals surface area contributed by atoms with Gasteiger partial charge in [0.2, 0.25) is 11.8 Å². The van der Waals surface area contributed by atoms with E-state index in [4.69, 9.17) is 4.74 Å². The van der Waals surface area contributed by atoms with Crippen molar-refractivity contribution in [3.05, 3.63) is 30.1 Å². The Bertz CT molecular complexity index is 643. The van der Waals surface area contributed by atoms with Crippen LogP contribution in [0.3, 0.4) is 0 Å². The third kappa shape index (κ3) is 3.40. The van der Waals surface area contributed by atoms with Crippen molar-refractivity contribution in [3.63, 3.8) is 0 Å². The average molecular weight is 343 g/mol. The van der Waals surface area contributed by atoms with E-state index in [9.17, 15) is 9.59 Å². The third-order valence-electron chi connectivity index (χ3n) is 5.73. The number of carbonyl (C=O) groups excluding carboxylic acids is 2. The maximum atomic E-state index is 13.0. The number of ether oxygens (including phenoxy) is 1. The molecule has 25 heavy (non-hydrogen) atoms. The second-order valence-electron chi connectivity index (χ2n) is 7.53. The molecule has 6 nitrogen and oxygen atoms in total. The predicted octanol–water partition coefficient (Wildman–Crippen LogP) is 1.60. The lowest BCUT2D eigenvalue weighted by molar-refractivity contribution is -0.153. The lowest BCUT2D eigenvalue weighted by Gasteiger charge is -2.41. The van der Waals surface area contributed by atoms with Crippen LogP contribution in [0.2, 0.25) is 0 Å². The van der Waals surface area contributed by atoms with Gasteiger partial charge in [-0.15, -0.1) is 0 Å². The normalized spacial score (nSPS) is 25.8. The summed E-state index contributed by atoms with van der Waals surface area (Å²) in [6.07, 6.45) is 8.28. The van der Waals surface area contributed by atoms with E-state index in [1.54, 1.807) is 17.3 Å². The smallest absolute Gasteiger partial charge is 0.228 e. The molecule has 1 spiro atoms. The molecule has 0 N–H and O–H groups in total. The summed E-state index contributed by atoms with van der Waals surface area (Å²) >= 11 is 0. The van der Waals surface area contributed by atoms with E-state index in [1.165, 1.54) is 12.8 Å². The number of nitrogens with zero attached hydrogens (tertiary/aromatic N) is 3. The Morgan fingerprint density at radius 3 is 2.96 bits per heavy atom. The van der Waals surface area contributed by atoms with Crippen LogP contribution in [-0.2, 0) is 20.9 Å². The minimum Gasteiger partial charge on any atom is -0.371 e. The van der Waals surface area contributed by atoms with Crippen LogP contribution >= 0.6 is 0 Å². The van der Waals surface area contributed by atoms with Crippen molar-refractivity contribution in [2.24, 2.45) is 5.92 Å².